The number of rotatable bonds is 3. The van der Waals surface area contributed by atoms with Crippen molar-refractivity contribution >= 4 is 28.5 Å². The third-order valence-electron chi connectivity index (χ3n) is 4.15. The summed E-state index contributed by atoms with van der Waals surface area (Å²) in [6.45, 7) is 2.01. The van der Waals surface area contributed by atoms with E-state index in [0.717, 1.165) is 29.9 Å². The summed E-state index contributed by atoms with van der Waals surface area (Å²) >= 11 is 1.53. The van der Waals surface area contributed by atoms with Crippen molar-refractivity contribution in [2.75, 3.05) is 11.1 Å². The number of amidine groups is 1. The van der Waals surface area contributed by atoms with Crippen LogP contribution in [0.1, 0.15) is 29.3 Å². The summed E-state index contributed by atoms with van der Waals surface area (Å²) in [5, 5.41) is 12.7. The molecule has 0 fully saturated rings. The topological polar surface area (TPSA) is 87.7 Å². The summed E-state index contributed by atoms with van der Waals surface area (Å²) in [5.41, 5.74) is 7.16. The first kappa shape index (κ1) is 17.3. The Morgan fingerprint density at radius 1 is 1.36 bits per heavy atom. The lowest BCUT2D eigenvalue weighted by atomic mass is 9.89. The largest absolute Gasteiger partial charge is 0.505 e. The summed E-state index contributed by atoms with van der Waals surface area (Å²) in [4.78, 5) is 16.9. The van der Waals surface area contributed by atoms with E-state index in [1.165, 1.54) is 17.8 Å². The lowest BCUT2D eigenvalue weighted by Crippen LogP contribution is -2.28. The smallest absolute Gasteiger partial charge is 0.255 e. The monoisotopic (exact) mass is 359 g/mol. The van der Waals surface area contributed by atoms with Crippen molar-refractivity contribution in [2.45, 2.75) is 18.9 Å². The second-order valence-corrected chi connectivity index (χ2v) is 7.14. The van der Waals surface area contributed by atoms with Gasteiger partial charge in [-0.1, -0.05) is 23.9 Å². The third-order valence-corrected chi connectivity index (χ3v) is 4.94. The lowest BCUT2D eigenvalue weighted by Gasteiger charge is -2.30. The molecule has 2 aromatic carbocycles. The van der Waals surface area contributed by atoms with E-state index in [-0.39, 0.29) is 5.56 Å². The van der Waals surface area contributed by atoms with Crippen molar-refractivity contribution in [1.82, 2.24) is 0 Å². The maximum Gasteiger partial charge on any atom is 0.255 e. The molecule has 1 amide bonds. The first-order valence-electron chi connectivity index (χ1n) is 7.76. The van der Waals surface area contributed by atoms with Crippen LogP contribution in [0.3, 0.4) is 0 Å². The molecule has 1 aliphatic heterocycles. The molecule has 0 aromatic heterocycles. The second kappa shape index (κ2) is 6.76. The first-order valence-corrected chi connectivity index (χ1v) is 8.74. The number of carbonyl (C=O) groups is 1. The van der Waals surface area contributed by atoms with Gasteiger partial charge >= 0.3 is 0 Å². The van der Waals surface area contributed by atoms with Crippen LogP contribution in [-0.4, -0.2) is 21.9 Å². The van der Waals surface area contributed by atoms with Gasteiger partial charge in [0.05, 0.1) is 5.54 Å². The van der Waals surface area contributed by atoms with Crippen molar-refractivity contribution in [3.05, 3.63) is 59.4 Å². The Morgan fingerprint density at radius 2 is 2.16 bits per heavy atom. The zero-order valence-corrected chi connectivity index (χ0v) is 14.4. The fourth-order valence-corrected chi connectivity index (χ4v) is 3.66. The van der Waals surface area contributed by atoms with Crippen LogP contribution in [0, 0.1) is 5.82 Å². The van der Waals surface area contributed by atoms with Gasteiger partial charge in [0.25, 0.3) is 5.91 Å². The Hall–Kier alpha value is -2.54. The molecular formula is C18H18FN3O2S. The van der Waals surface area contributed by atoms with E-state index in [1.54, 1.807) is 6.07 Å². The molecule has 0 bridgehead atoms. The molecule has 1 heterocycles. The average Bonchev–Trinajstić information content (AvgIpc) is 2.57. The number of anilines is 1. The van der Waals surface area contributed by atoms with Gasteiger partial charge in [0.1, 0.15) is 0 Å². The van der Waals surface area contributed by atoms with E-state index in [4.69, 9.17) is 5.73 Å². The molecule has 0 saturated carbocycles. The Bertz CT molecular complexity index is 856. The normalized spacial score (nSPS) is 20.0. The van der Waals surface area contributed by atoms with E-state index >= 15 is 0 Å². The minimum atomic E-state index is -0.767. The van der Waals surface area contributed by atoms with Crippen molar-refractivity contribution < 1.29 is 14.3 Å². The number of aromatic hydroxyl groups is 1. The quantitative estimate of drug-likeness (QED) is 0.783. The molecule has 1 unspecified atom stereocenters. The molecule has 5 nitrogen and oxygen atoms in total. The number of hydrogen-bond acceptors (Lipinski definition) is 5. The number of phenolic OH excluding ortho intramolecular Hbond substituents is 1. The lowest BCUT2D eigenvalue weighted by molar-refractivity contribution is 0.102. The van der Waals surface area contributed by atoms with Crippen LogP contribution in [-0.2, 0) is 5.54 Å². The predicted molar refractivity (Wildman–Crippen MR) is 98.5 cm³/mol. The molecule has 4 N–H and O–H groups in total. The molecule has 7 heteroatoms. The van der Waals surface area contributed by atoms with E-state index in [1.807, 2.05) is 25.1 Å². The van der Waals surface area contributed by atoms with E-state index in [0.29, 0.717) is 10.9 Å². The van der Waals surface area contributed by atoms with Crippen LogP contribution in [0.25, 0.3) is 0 Å². The van der Waals surface area contributed by atoms with Crippen LogP contribution >= 0.6 is 11.8 Å². The number of nitrogens with one attached hydrogen (secondary N) is 1. The molecule has 3 rings (SSSR count). The second-order valence-electron chi connectivity index (χ2n) is 6.02. The van der Waals surface area contributed by atoms with Crippen molar-refractivity contribution in [3.63, 3.8) is 0 Å². The molecule has 130 valence electrons. The summed E-state index contributed by atoms with van der Waals surface area (Å²) < 4.78 is 13.1. The van der Waals surface area contributed by atoms with Crippen LogP contribution in [0.4, 0.5) is 10.1 Å². The number of hydrogen-bond donors (Lipinski definition) is 3. The molecule has 25 heavy (non-hydrogen) atoms. The Kier molecular flexibility index (Phi) is 4.67. The molecular weight excluding hydrogens is 341 g/mol. The highest BCUT2D eigenvalue weighted by Gasteiger charge is 2.29. The van der Waals surface area contributed by atoms with Gasteiger partial charge in [0, 0.05) is 17.0 Å². The number of halogens is 1. The van der Waals surface area contributed by atoms with Gasteiger partial charge in [0.15, 0.2) is 16.7 Å². The van der Waals surface area contributed by atoms with Gasteiger partial charge in [-0.2, -0.15) is 0 Å². The third kappa shape index (κ3) is 3.76. The fourth-order valence-electron chi connectivity index (χ4n) is 2.68. The number of nitrogens with zero attached hydrogens (tertiary/aromatic N) is 1. The van der Waals surface area contributed by atoms with Gasteiger partial charge in [0.2, 0.25) is 0 Å². The van der Waals surface area contributed by atoms with Crippen LogP contribution < -0.4 is 11.1 Å². The van der Waals surface area contributed by atoms with Gasteiger partial charge in [-0.05, 0) is 49.2 Å². The summed E-state index contributed by atoms with van der Waals surface area (Å²) in [6.07, 6.45) is 0.849. The van der Waals surface area contributed by atoms with Crippen molar-refractivity contribution in [2.24, 2.45) is 10.7 Å². The van der Waals surface area contributed by atoms with Gasteiger partial charge in [-0.25, -0.2) is 4.39 Å². The Labute approximate surface area is 149 Å². The zero-order chi connectivity index (χ0) is 18.0. The minimum Gasteiger partial charge on any atom is -0.505 e. The van der Waals surface area contributed by atoms with E-state index in [2.05, 4.69) is 10.3 Å². The van der Waals surface area contributed by atoms with Crippen molar-refractivity contribution in [3.8, 4) is 5.75 Å². The number of aliphatic imine (C=N–C) groups is 1. The molecule has 0 saturated heterocycles. The highest BCUT2D eigenvalue weighted by molar-refractivity contribution is 8.13. The molecule has 1 atom stereocenters. The minimum absolute atomic E-state index is 0.173. The SMILES string of the molecule is CC1(c2cccc(NC(=O)c3ccc(F)c(O)c3)c2)CCSC(N)=N1. The Balaban J connectivity index is 1.83. The number of benzene rings is 2. The van der Waals surface area contributed by atoms with E-state index in [9.17, 15) is 14.3 Å². The van der Waals surface area contributed by atoms with Crippen LogP contribution in [0.15, 0.2) is 47.5 Å². The number of phenols is 1. The highest BCUT2D eigenvalue weighted by atomic mass is 32.2. The number of amides is 1. The average molecular weight is 359 g/mol. The number of carbonyl (C=O) groups excluding carboxylic acids is 1. The number of thioether (sulfide) groups is 1. The maximum atomic E-state index is 13.1. The molecule has 0 aliphatic carbocycles. The summed E-state index contributed by atoms with van der Waals surface area (Å²) in [7, 11) is 0. The number of nitrogens with two attached hydrogens (primary N) is 1. The highest BCUT2D eigenvalue weighted by Crippen LogP contribution is 2.35. The van der Waals surface area contributed by atoms with E-state index < -0.39 is 23.0 Å². The molecule has 2 aromatic rings. The zero-order valence-electron chi connectivity index (χ0n) is 13.6. The molecule has 0 spiro atoms. The van der Waals surface area contributed by atoms with Crippen molar-refractivity contribution in [1.29, 1.82) is 0 Å². The standard InChI is InChI=1S/C18H18FN3O2S/c1-18(7-8-25-17(20)22-18)12-3-2-4-13(10-12)21-16(24)11-5-6-14(19)15(23)9-11/h2-6,9-10,23H,7-8H2,1H3,(H2,20,22)(H,21,24). The fraction of sp³-hybridized carbons (Fsp3) is 0.222. The maximum absolute atomic E-state index is 13.1. The first-order chi connectivity index (χ1) is 11.9. The predicted octanol–water partition coefficient (Wildman–Crippen LogP) is 3.45. The van der Waals surface area contributed by atoms with Gasteiger partial charge in [-0.15, -0.1) is 0 Å². The molecule has 1 aliphatic rings. The Morgan fingerprint density at radius 3 is 2.88 bits per heavy atom. The summed E-state index contributed by atoms with van der Waals surface area (Å²) in [6, 6.07) is 10.9. The van der Waals surface area contributed by atoms with Gasteiger partial charge in [-0.3, -0.25) is 9.79 Å². The van der Waals surface area contributed by atoms with Crippen LogP contribution in [0.5, 0.6) is 5.75 Å². The molecule has 0 radical (unpaired) electrons. The van der Waals surface area contributed by atoms with Gasteiger partial charge < -0.3 is 16.2 Å². The summed E-state index contributed by atoms with van der Waals surface area (Å²) in [5.74, 6) is -0.868. The van der Waals surface area contributed by atoms with Crippen LogP contribution in [0.2, 0.25) is 0 Å².